The maximum Gasteiger partial charge on any atom is 0.288 e. The fourth-order valence-corrected chi connectivity index (χ4v) is 3.77. The Balaban J connectivity index is 1.51. The van der Waals surface area contributed by atoms with E-state index in [1.165, 1.54) is 0 Å². The van der Waals surface area contributed by atoms with Crippen LogP contribution < -0.4 is 5.32 Å². The number of fused-ring (bicyclic) bond motifs is 1. The van der Waals surface area contributed by atoms with Crippen molar-refractivity contribution in [1.29, 1.82) is 0 Å². The minimum Gasteiger partial charge on any atom is -0.349 e. The predicted molar refractivity (Wildman–Crippen MR) is 103 cm³/mol. The van der Waals surface area contributed by atoms with E-state index >= 15 is 0 Å². The van der Waals surface area contributed by atoms with Crippen molar-refractivity contribution in [3.8, 4) is 5.69 Å². The molecule has 1 aromatic carbocycles. The van der Waals surface area contributed by atoms with Crippen molar-refractivity contribution in [2.24, 2.45) is 0 Å². The summed E-state index contributed by atoms with van der Waals surface area (Å²) in [7, 11) is 0. The van der Waals surface area contributed by atoms with Gasteiger partial charge in [0.2, 0.25) is 5.91 Å². The smallest absolute Gasteiger partial charge is 0.288 e. The van der Waals surface area contributed by atoms with E-state index in [1.807, 2.05) is 24.3 Å². The summed E-state index contributed by atoms with van der Waals surface area (Å²) < 4.78 is 1.61. The van der Waals surface area contributed by atoms with E-state index in [1.54, 1.807) is 24.0 Å². The van der Waals surface area contributed by atoms with Crippen LogP contribution in [0.2, 0.25) is 0 Å². The van der Waals surface area contributed by atoms with E-state index in [9.17, 15) is 14.4 Å². The number of benzene rings is 1. The molecule has 1 fully saturated rings. The number of aromatic nitrogens is 4. The maximum atomic E-state index is 12.5. The number of carbonyl (C=O) groups is 3. The van der Waals surface area contributed by atoms with Crippen molar-refractivity contribution in [2.45, 2.75) is 6.92 Å². The number of amides is 3. The van der Waals surface area contributed by atoms with E-state index in [4.69, 9.17) is 0 Å². The predicted octanol–water partition coefficient (Wildman–Crippen LogP) is 1.55. The summed E-state index contributed by atoms with van der Waals surface area (Å²) >= 11 is 0.968. The summed E-state index contributed by atoms with van der Waals surface area (Å²) in [6, 6.07) is 7.62. The molecule has 3 aromatic rings. The van der Waals surface area contributed by atoms with Crippen molar-refractivity contribution in [1.82, 2.24) is 30.2 Å². The molecule has 3 heterocycles. The topological polar surface area (TPSA) is 110 Å². The molecule has 0 radical (unpaired) electrons. The molecule has 3 amide bonds. The summed E-state index contributed by atoms with van der Waals surface area (Å²) in [5.41, 5.74) is 1.58. The van der Waals surface area contributed by atoms with Crippen molar-refractivity contribution >= 4 is 39.6 Å². The standard InChI is InChI=1S/C18H16N6O3S/c1-11-16(17(26)20-7-8-23-15(25)10-28-18(23)27)21-22-24(11)14-4-2-3-12-9-19-6-5-13(12)14/h2-6,9H,7-8,10H2,1H3,(H,20,26). The quantitative estimate of drug-likeness (QED) is 0.697. The first-order valence-corrected chi connectivity index (χ1v) is 9.55. The normalized spacial score (nSPS) is 14.1. The number of hydrogen-bond donors (Lipinski definition) is 1. The van der Waals surface area contributed by atoms with Gasteiger partial charge in [0.1, 0.15) is 0 Å². The Morgan fingerprint density at radius 2 is 2.14 bits per heavy atom. The van der Waals surface area contributed by atoms with Crippen LogP contribution in [-0.2, 0) is 4.79 Å². The van der Waals surface area contributed by atoms with Crippen LogP contribution in [-0.4, -0.2) is 60.8 Å². The summed E-state index contributed by atoms with van der Waals surface area (Å²) in [5.74, 6) is -0.491. The Bertz CT molecular complexity index is 1070. The second-order valence-electron chi connectivity index (χ2n) is 6.17. The molecule has 0 atom stereocenters. The van der Waals surface area contributed by atoms with Gasteiger partial charge < -0.3 is 5.32 Å². The van der Waals surface area contributed by atoms with Gasteiger partial charge in [0, 0.05) is 36.3 Å². The molecular weight excluding hydrogens is 380 g/mol. The molecule has 4 rings (SSSR count). The highest BCUT2D eigenvalue weighted by Crippen LogP contribution is 2.22. The maximum absolute atomic E-state index is 12.5. The first kappa shape index (κ1) is 18.1. The number of carbonyl (C=O) groups excluding carboxylic acids is 3. The molecule has 2 aromatic heterocycles. The van der Waals surface area contributed by atoms with Gasteiger partial charge in [-0.25, -0.2) is 4.68 Å². The van der Waals surface area contributed by atoms with Gasteiger partial charge in [-0.1, -0.05) is 29.1 Å². The van der Waals surface area contributed by atoms with Crippen LogP contribution in [0, 0.1) is 6.92 Å². The SMILES string of the molecule is Cc1c(C(=O)NCCN2C(=O)CSC2=O)nnn1-c1cccc2cnccc12. The van der Waals surface area contributed by atoms with E-state index in [-0.39, 0.29) is 35.7 Å². The Hall–Kier alpha value is -3.27. The molecule has 10 heteroatoms. The van der Waals surface area contributed by atoms with Gasteiger partial charge in [0.15, 0.2) is 5.69 Å². The van der Waals surface area contributed by atoms with Crippen molar-refractivity contribution in [3.63, 3.8) is 0 Å². The highest BCUT2D eigenvalue weighted by atomic mass is 32.2. The molecule has 1 aliphatic rings. The highest BCUT2D eigenvalue weighted by Gasteiger charge is 2.29. The van der Waals surface area contributed by atoms with Gasteiger partial charge >= 0.3 is 0 Å². The molecule has 28 heavy (non-hydrogen) atoms. The number of hydrogen-bond acceptors (Lipinski definition) is 7. The molecule has 1 saturated heterocycles. The monoisotopic (exact) mass is 396 g/mol. The lowest BCUT2D eigenvalue weighted by molar-refractivity contribution is -0.124. The molecule has 0 bridgehead atoms. The van der Waals surface area contributed by atoms with Gasteiger partial charge in [-0.15, -0.1) is 5.10 Å². The first-order valence-electron chi connectivity index (χ1n) is 8.57. The third-order valence-electron chi connectivity index (χ3n) is 4.46. The number of imide groups is 1. The van der Waals surface area contributed by atoms with Crippen LogP contribution in [0.25, 0.3) is 16.5 Å². The Morgan fingerprint density at radius 1 is 1.29 bits per heavy atom. The summed E-state index contributed by atoms with van der Waals surface area (Å²) in [6.45, 7) is 2.06. The van der Waals surface area contributed by atoms with E-state index in [2.05, 4.69) is 20.6 Å². The van der Waals surface area contributed by atoms with Crippen LogP contribution in [0.3, 0.4) is 0 Å². The van der Waals surface area contributed by atoms with Gasteiger partial charge in [0.25, 0.3) is 11.1 Å². The lowest BCUT2D eigenvalue weighted by Gasteiger charge is -2.12. The zero-order valence-corrected chi connectivity index (χ0v) is 15.8. The molecule has 9 nitrogen and oxygen atoms in total. The van der Waals surface area contributed by atoms with Crippen molar-refractivity contribution in [3.05, 3.63) is 48.0 Å². The Kier molecular flexibility index (Phi) is 4.78. The average molecular weight is 396 g/mol. The highest BCUT2D eigenvalue weighted by molar-refractivity contribution is 8.14. The summed E-state index contributed by atoms with van der Waals surface area (Å²) in [6.07, 6.45) is 3.46. The number of rotatable bonds is 5. The molecular formula is C18H16N6O3S. The number of thioether (sulfide) groups is 1. The first-order chi connectivity index (χ1) is 13.6. The third-order valence-corrected chi connectivity index (χ3v) is 5.32. The fourth-order valence-electron chi connectivity index (χ4n) is 3.02. The van der Waals surface area contributed by atoms with Gasteiger partial charge in [-0.3, -0.25) is 24.3 Å². The third kappa shape index (κ3) is 3.22. The van der Waals surface area contributed by atoms with Crippen molar-refractivity contribution in [2.75, 3.05) is 18.8 Å². The second-order valence-corrected chi connectivity index (χ2v) is 7.09. The Morgan fingerprint density at radius 3 is 2.93 bits per heavy atom. The zero-order chi connectivity index (χ0) is 19.7. The van der Waals surface area contributed by atoms with Crippen LogP contribution in [0.4, 0.5) is 4.79 Å². The second kappa shape index (κ2) is 7.39. The summed E-state index contributed by atoms with van der Waals surface area (Å²) in [4.78, 5) is 40.9. The lowest BCUT2D eigenvalue weighted by Crippen LogP contribution is -2.37. The van der Waals surface area contributed by atoms with E-state index < -0.39 is 5.91 Å². The molecule has 142 valence electrons. The van der Waals surface area contributed by atoms with Crippen molar-refractivity contribution < 1.29 is 14.4 Å². The van der Waals surface area contributed by atoms with E-state index in [0.717, 1.165) is 33.1 Å². The molecule has 1 N–H and O–H groups in total. The fraction of sp³-hybridized carbons (Fsp3) is 0.222. The van der Waals surface area contributed by atoms with Crippen LogP contribution in [0.15, 0.2) is 36.7 Å². The van der Waals surface area contributed by atoms with Gasteiger partial charge in [-0.05, 0) is 19.1 Å². The van der Waals surface area contributed by atoms with Crippen LogP contribution in [0.1, 0.15) is 16.2 Å². The number of nitrogens with one attached hydrogen (secondary N) is 1. The van der Waals surface area contributed by atoms with Crippen LogP contribution in [0.5, 0.6) is 0 Å². The van der Waals surface area contributed by atoms with Crippen LogP contribution >= 0.6 is 11.8 Å². The summed E-state index contributed by atoms with van der Waals surface area (Å²) in [5, 5.41) is 12.4. The van der Waals surface area contributed by atoms with E-state index in [0.29, 0.717) is 5.69 Å². The molecule has 1 aliphatic heterocycles. The molecule has 0 aliphatic carbocycles. The molecule has 0 spiro atoms. The average Bonchev–Trinajstić information content (AvgIpc) is 3.24. The zero-order valence-electron chi connectivity index (χ0n) is 15.0. The minimum absolute atomic E-state index is 0.139. The Labute approximate surface area is 164 Å². The molecule has 0 saturated carbocycles. The van der Waals surface area contributed by atoms with Gasteiger partial charge in [0.05, 0.1) is 17.1 Å². The largest absolute Gasteiger partial charge is 0.349 e. The van der Waals surface area contributed by atoms with Gasteiger partial charge in [-0.2, -0.15) is 0 Å². The minimum atomic E-state index is -0.405. The lowest BCUT2D eigenvalue weighted by atomic mass is 10.1. The molecule has 0 unspecified atom stereocenters. The number of pyridine rings is 1. The number of nitrogens with zero attached hydrogens (tertiary/aromatic N) is 5.